The number of aromatic hydroxyl groups is 1. The highest BCUT2D eigenvalue weighted by Gasteiger charge is 2.33. The van der Waals surface area contributed by atoms with Gasteiger partial charge in [0, 0.05) is 0 Å². The largest absolute Gasteiger partial charge is 0.507 e. The molecule has 0 amide bonds. The number of phenols is 1. The van der Waals surface area contributed by atoms with E-state index in [4.69, 9.17) is 14.2 Å². The van der Waals surface area contributed by atoms with Crippen LogP contribution in [0.4, 0.5) is 0 Å². The van der Waals surface area contributed by atoms with Crippen LogP contribution in [0.1, 0.15) is 31.0 Å². The van der Waals surface area contributed by atoms with E-state index in [9.17, 15) is 14.7 Å². The summed E-state index contributed by atoms with van der Waals surface area (Å²) in [6.45, 7) is 3.65. The first-order valence-electron chi connectivity index (χ1n) is 10.7. The number of methoxy groups -OCH3 is 2. The molecule has 1 aromatic heterocycles. The van der Waals surface area contributed by atoms with Gasteiger partial charge in [-0.1, -0.05) is 23.5 Å². The number of fused-ring (bicyclic) bond motifs is 1. The van der Waals surface area contributed by atoms with Crippen LogP contribution in [-0.4, -0.2) is 36.5 Å². The molecular formula is C25H23BrN2O6S. The zero-order chi connectivity index (χ0) is 25.3. The van der Waals surface area contributed by atoms with Crippen molar-refractivity contribution in [1.82, 2.24) is 4.57 Å². The lowest BCUT2D eigenvalue weighted by molar-refractivity contribution is -0.139. The summed E-state index contributed by atoms with van der Waals surface area (Å²) in [5, 5.41) is 9.78. The van der Waals surface area contributed by atoms with Crippen molar-refractivity contribution in [2.75, 3.05) is 20.8 Å². The van der Waals surface area contributed by atoms with Gasteiger partial charge in [0.1, 0.15) is 5.75 Å². The van der Waals surface area contributed by atoms with Gasteiger partial charge in [0.15, 0.2) is 16.3 Å². The number of allylic oxidation sites excluding steroid dienone is 1. The molecule has 0 fully saturated rings. The predicted octanol–water partition coefficient (Wildman–Crippen LogP) is 3.28. The molecule has 0 spiro atoms. The van der Waals surface area contributed by atoms with Crippen LogP contribution >= 0.6 is 27.3 Å². The third kappa shape index (κ3) is 4.63. The minimum atomic E-state index is -0.765. The lowest BCUT2D eigenvalue weighted by atomic mass is 9.95. The summed E-state index contributed by atoms with van der Waals surface area (Å²) < 4.78 is 18.6. The Hall–Kier alpha value is -3.37. The molecule has 182 valence electrons. The van der Waals surface area contributed by atoms with Crippen molar-refractivity contribution in [3.8, 4) is 17.2 Å². The zero-order valence-electron chi connectivity index (χ0n) is 19.5. The fraction of sp³-hybridized carbons (Fsp3) is 0.240. The number of aromatic nitrogens is 1. The van der Waals surface area contributed by atoms with Crippen LogP contribution in [0.25, 0.3) is 6.08 Å². The molecule has 0 unspecified atom stereocenters. The van der Waals surface area contributed by atoms with Crippen LogP contribution in [0.3, 0.4) is 0 Å². The summed E-state index contributed by atoms with van der Waals surface area (Å²) in [7, 11) is 3.06. The second kappa shape index (κ2) is 10.1. The predicted molar refractivity (Wildman–Crippen MR) is 136 cm³/mol. The smallest absolute Gasteiger partial charge is 0.338 e. The molecule has 1 N–H and O–H groups in total. The van der Waals surface area contributed by atoms with Crippen LogP contribution < -0.4 is 24.4 Å². The molecule has 0 bridgehead atoms. The molecule has 2 aromatic carbocycles. The number of carbonyl (C=O) groups excluding carboxylic acids is 1. The first-order chi connectivity index (χ1) is 16.8. The minimum Gasteiger partial charge on any atom is -0.507 e. The van der Waals surface area contributed by atoms with Crippen molar-refractivity contribution in [2.45, 2.75) is 19.9 Å². The number of esters is 1. The maximum Gasteiger partial charge on any atom is 0.338 e. The van der Waals surface area contributed by atoms with Gasteiger partial charge in [-0.15, -0.1) is 0 Å². The molecule has 0 aliphatic carbocycles. The van der Waals surface area contributed by atoms with Gasteiger partial charge in [0.2, 0.25) is 0 Å². The molecule has 8 nitrogen and oxygen atoms in total. The maximum absolute atomic E-state index is 13.7. The first-order valence-corrected chi connectivity index (χ1v) is 12.3. The number of hydrogen-bond acceptors (Lipinski definition) is 8. The molecule has 10 heteroatoms. The Kier molecular flexibility index (Phi) is 7.13. The molecule has 0 radical (unpaired) electrons. The second-order valence-corrected chi connectivity index (χ2v) is 9.49. The van der Waals surface area contributed by atoms with Crippen LogP contribution in [0, 0.1) is 0 Å². The van der Waals surface area contributed by atoms with E-state index in [1.165, 1.54) is 30.1 Å². The maximum atomic E-state index is 13.7. The van der Waals surface area contributed by atoms with Crippen LogP contribution in [0.15, 0.2) is 61.9 Å². The summed E-state index contributed by atoms with van der Waals surface area (Å²) in [5.41, 5.74) is 1.84. The van der Waals surface area contributed by atoms with Crippen molar-refractivity contribution >= 4 is 39.3 Å². The number of thiazole rings is 1. The van der Waals surface area contributed by atoms with Gasteiger partial charge in [-0.05, 0) is 71.2 Å². The summed E-state index contributed by atoms with van der Waals surface area (Å²) in [6, 6.07) is 9.47. The molecule has 0 saturated heterocycles. The summed E-state index contributed by atoms with van der Waals surface area (Å²) in [5.74, 6) is 0.566. The topological polar surface area (TPSA) is 99.4 Å². The highest BCUT2D eigenvalue weighted by atomic mass is 79.9. The monoisotopic (exact) mass is 558 g/mol. The number of halogens is 1. The van der Waals surface area contributed by atoms with E-state index in [0.717, 1.165) is 5.56 Å². The number of carbonyl (C=O) groups is 1. The highest BCUT2D eigenvalue weighted by molar-refractivity contribution is 9.10. The molecule has 35 heavy (non-hydrogen) atoms. The van der Waals surface area contributed by atoms with Crippen LogP contribution in [0.5, 0.6) is 17.2 Å². The van der Waals surface area contributed by atoms with E-state index in [0.29, 0.717) is 36.6 Å². The average molecular weight is 559 g/mol. The average Bonchev–Trinajstić information content (AvgIpc) is 3.14. The Morgan fingerprint density at radius 3 is 2.60 bits per heavy atom. The van der Waals surface area contributed by atoms with E-state index in [1.807, 2.05) is 0 Å². The standard InChI is InChI=1S/C25H23BrN2O6S/c1-5-34-24(31)21-13(2)27-25-28(22(21)15-7-9-18(32-3)19(12-15)33-4)23(30)20(35-25)11-14-6-8-17(29)16(26)10-14/h6-12,22,29H,5H2,1-4H3/b20-11-/t22-/m0/s1. The third-order valence-corrected chi connectivity index (χ3v) is 7.13. The van der Waals surface area contributed by atoms with Crippen molar-refractivity contribution in [3.05, 3.63) is 83.0 Å². The fourth-order valence-electron chi connectivity index (χ4n) is 3.89. The van der Waals surface area contributed by atoms with Crippen molar-refractivity contribution < 1.29 is 24.1 Å². The molecular weight excluding hydrogens is 536 g/mol. The summed E-state index contributed by atoms with van der Waals surface area (Å²) in [4.78, 5) is 31.7. The third-order valence-electron chi connectivity index (χ3n) is 5.51. The van der Waals surface area contributed by atoms with Crippen LogP contribution in [0.2, 0.25) is 0 Å². The van der Waals surface area contributed by atoms with Crippen molar-refractivity contribution in [3.63, 3.8) is 0 Å². The summed E-state index contributed by atoms with van der Waals surface area (Å²) >= 11 is 4.52. The molecule has 1 aliphatic heterocycles. The van der Waals surface area contributed by atoms with Gasteiger partial charge in [0.05, 0.1) is 47.1 Å². The summed E-state index contributed by atoms with van der Waals surface area (Å²) in [6.07, 6.45) is 1.73. The zero-order valence-corrected chi connectivity index (χ0v) is 21.9. The van der Waals surface area contributed by atoms with Gasteiger partial charge in [-0.2, -0.15) is 0 Å². The first kappa shape index (κ1) is 24.7. The fourth-order valence-corrected chi connectivity index (χ4v) is 5.34. The lowest BCUT2D eigenvalue weighted by Gasteiger charge is -2.25. The van der Waals surface area contributed by atoms with Crippen LogP contribution in [-0.2, 0) is 9.53 Å². The Bertz CT molecular complexity index is 1520. The van der Waals surface area contributed by atoms with Crippen molar-refractivity contribution in [1.29, 1.82) is 0 Å². The van der Waals surface area contributed by atoms with Gasteiger partial charge in [0.25, 0.3) is 5.56 Å². The second-order valence-electron chi connectivity index (χ2n) is 7.63. The number of nitrogens with zero attached hydrogens (tertiary/aromatic N) is 2. The Balaban J connectivity index is 1.97. The minimum absolute atomic E-state index is 0.103. The number of hydrogen-bond donors (Lipinski definition) is 1. The molecule has 1 atom stereocenters. The number of phenolic OH excluding ortho intramolecular Hbond substituents is 1. The Morgan fingerprint density at radius 2 is 1.94 bits per heavy atom. The quantitative estimate of drug-likeness (QED) is 0.466. The van der Waals surface area contributed by atoms with Gasteiger partial charge < -0.3 is 19.3 Å². The van der Waals surface area contributed by atoms with Gasteiger partial charge >= 0.3 is 5.97 Å². The van der Waals surface area contributed by atoms with E-state index in [-0.39, 0.29) is 23.5 Å². The molecule has 1 aliphatic rings. The molecule has 3 aromatic rings. The normalized spacial score (nSPS) is 15.5. The Labute approximate surface area is 213 Å². The number of benzene rings is 2. The highest BCUT2D eigenvalue weighted by Crippen LogP contribution is 2.36. The van der Waals surface area contributed by atoms with E-state index in [2.05, 4.69) is 20.9 Å². The number of ether oxygens (including phenoxy) is 3. The molecule has 0 saturated carbocycles. The molecule has 2 heterocycles. The Morgan fingerprint density at radius 1 is 1.20 bits per heavy atom. The van der Waals surface area contributed by atoms with E-state index >= 15 is 0 Å². The van der Waals surface area contributed by atoms with Gasteiger partial charge in [-0.25, -0.2) is 9.79 Å². The number of rotatable bonds is 6. The van der Waals surface area contributed by atoms with Gasteiger partial charge in [-0.3, -0.25) is 9.36 Å². The van der Waals surface area contributed by atoms with E-state index in [1.54, 1.807) is 56.3 Å². The lowest BCUT2D eigenvalue weighted by Crippen LogP contribution is -2.39. The molecule has 4 rings (SSSR count). The van der Waals surface area contributed by atoms with E-state index < -0.39 is 12.0 Å². The SMILES string of the molecule is CCOC(=O)C1=C(C)N=c2s/c(=C\c3ccc(O)c(Br)c3)c(=O)n2[C@H]1c1ccc(OC)c(OC)c1. The van der Waals surface area contributed by atoms with Crippen molar-refractivity contribution in [2.24, 2.45) is 4.99 Å².